The van der Waals surface area contributed by atoms with E-state index in [1.807, 2.05) is 0 Å². The van der Waals surface area contributed by atoms with Gasteiger partial charge in [0.15, 0.2) is 12.2 Å². The van der Waals surface area contributed by atoms with Crippen molar-refractivity contribution in [1.29, 1.82) is 0 Å². The van der Waals surface area contributed by atoms with Gasteiger partial charge < -0.3 is 33.8 Å². The lowest BCUT2D eigenvalue weighted by Gasteiger charge is -2.21. The maximum atomic E-state index is 13.1. The van der Waals surface area contributed by atoms with E-state index in [0.29, 0.717) is 25.7 Å². The maximum absolute atomic E-state index is 13.1. The highest BCUT2D eigenvalue weighted by atomic mass is 31.2. The zero-order chi connectivity index (χ0) is 75.6. The Bertz CT molecular complexity index is 1980. The van der Waals surface area contributed by atoms with Gasteiger partial charge in [-0.2, -0.15) is 0 Å². The molecule has 17 nitrogen and oxygen atoms in total. The third-order valence-corrected chi connectivity index (χ3v) is 22.0. The summed E-state index contributed by atoms with van der Waals surface area (Å²) in [5.74, 6) is -0.450. The van der Waals surface area contributed by atoms with E-state index in [4.69, 9.17) is 37.0 Å². The van der Waals surface area contributed by atoms with Gasteiger partial charge in [0.1, 0.15) is 19.3 Å². The molecule has 3 unspecified atom stereocenters. The Balaban J connectivity index is 5.23. The molecule has 0 bridgehead atoms. The van der Waals surface area contributed by atoms with Gasteiger partial charge in [0.05, 0.1) is 26.4 Å². The summed E-state index contributed by atoms with van der Waals surface area (Å²) in [6, 6.07) is 0. The van der Waals surface area contributed by atoms with Crippen molar-refractivity contribution in [3.63, 3.8) is 0 Å². The number of unbranched alkanes of at least 4 members (excludes halogenated alkanes) is 52. The van der Waals surface area contributed by atoms with Crippen molar-refractivity contribution in [2.24, 2.45) is 11.8 Å². The molecule has 0 rings (SSSR count). The second-order valence-electron chi connectivity index (χ2n) is 30.9. The number of carbonyl (C=O) groups excluding carboxylic acids is 4. The van der Waals surface area contributed by atoms with E-state index >= 15 is 0 Å². The van der Waals surface area contributed by atoms with Gasteiger partial charge in [-0.1, -0.05) is 395 Å². The smallest absolute Gasteiger partial charge is 0.462 e. The fraction of sp³-hybridized carbons (Fsp3) is 0.952. The Morgan fingerprint density at radius 3 is 0.738 bits per heavy atom. The lowest BCUT2D eigenvalue weighted by Crippen LogP contribution is -2.30. The van der Waals surface area contributed by atoms with Crippen molar-refractivity contribution < 1.29 is 80.2 Å². The van der Waals surface area contributed by atoms with Crippen LogP contribution >= 0.6 is 15.6 Å². The van der Waals surface area contributed by atoms with Crippen LogP contribution in [-0.4, -0.2) is 96.7 Å². The van der Waals surface area contributed by atoms with Gasteiger partial charge in [-0.05, 0) is 37.5 Å². The van der Waals surface area contributed by atoms with Gasteiger partial charge in [-0.3, -0.25) is 37.3 Å². The van der Waals surface area contributed by atoms with Crippen LogP contribution in [-0.2, 0) is 65.4 Å². The largest absolute Gasteiger partial charge is 0.472 e. The van der Waals surface area contributed by atoms with Gasteiger partial charge in [0.25, 0.3) is 0 Å². The molecule has 6 atom stereocenters. The quantitative estimate of drug-likeness (QED) is 0.0222. The first kappa shape index (κ1) is 101. The third-order valence-electron chi connectivity index (χ3n) is 20.1. The van der Waals surface area contributed by atoms with Gasteiger partial charge in [0, 0.05) is 25.7 Å². The van der Waals surface area contributed by atoms with Gasteiger partial charge >= 0.3 is 39.5 Å². The van der Waals surface area contributed by atoms with Crippen molar-refractivity contribution in [3.05, 3.63) is 0 Å². The summed E-state index contributed by atoms with van der Waals surface area (Å²) in [7, 11) is -9.92. The fourth-order valence-electron chi connectivity index (χ4n) is 13.0. The summed E-state index contributed by atoms with van der Waals surface area (Å²) in [5, 5.41) is 10.7. The Hall–Kier alpha value is -1.94. The Morgan fingerprint density at radius 1 is 0.282 bits per heavy atom. The standard InChI is InChI=1S/C84H164O17P2/c1-7-10-12-14-16-18-20-21-26-30-38-44-50-56-62-68-83(88)100-79(72-94-81(86)66-60-54-48-42-34-19-17-15-13-11-8-2)74-98-102(90,91)96-70-78(85)71-97-103(92,93)99-75-80(73-95-82(87)67-61-55-49-43-37-33-32-35-40-46-52-58-64-76(4)5)101-84(89)69-63-57-51-45-39-31-28-25-23-22-24-27-29-36-41-47-53-59-65-77(6)9-3/h76-80,85H,7-75H2,1-6H3,(H,90,91)(H,92,93)/t77?,78-,79+,80+/m0/s1. The van der Waals surface area contributed by atoms with E-state index in [1.54, 1.807) is 0 Å². The molecule has 0 aliphatic heterocycles. The molecule has 0 saturated carbocycles. The van der Waals surface area contributed by atoms with Crippen molar-refractivity contribution >= 4 is 39.5 Å². The minimum absolute atomic E-state index is 0.109. The van der Waals surface area contributed by atoms with Gasteiger partial charge in [-0.15, -0.1) is 0 Å². The van der Waals surface area contributed by atoms with E-state index in [-0.39, 0.29) is 25.7 Å². The predicted molar refractivity (Wildman–Crippen MR) is 423 cm³/mol. The van der Waals surface area contributed by atoms with E-state index in [9.17, 15) is 43.2 Å². The molecule has 0 aromatic rings. The van der Waals surface area contributed by atoms with E-state index in [0.717, 1.165) is 102 Å². The molecule has 0 aromatic carbocycles. The molecule has 103 heavy (non-hydrogen) atoms. The molecular weight excluding hydrogens is 1340 g/mol. The van der Waals surface area contributed by atoms with Crippen LogP contribution in [0.2, 0.25) is 0 Å². The first-order chi connectivity index (χ1) is 49.9. The molecule has 0 saturated heterocycles. The monoisotopic (exact) mass is 1510 g/mol. The average molecular weight is 1510 g/mol. The van der Waals surface area contributed by atoms with E-state index in [2.05, 4.69) is 41.5 Å². The van der Waals surface area contributed by atoms with Gasteiger partial charge in [0.2, 0.25) is 0 Å². The SMILES string of the molecule is CCCCCCCCCCCCCCCCCC(=O)O[C@H](COC(=O)CCCCCCCCCCCCC)COP(=O)(O)OC[C@H](O)COP(=O)(O)OC[C@@H](COC(=O)CCCCCCCCCCCCCCC(C)C)OC(=O)CCCCCCCCCCCCCCCCCCCCC(C)CC. The number of aliphatic hydroxyl groups is 1. The van der Waals surface area contributed by atoms with Crippen LogP contribution < -0.4 is 0 Å². The summed E-state index contributed by atoms with van der Waals surface area (Å²) in [4.78, 5) is 73.1. The van der Waals surface area contributed by atoms with Crippen LogP contribution in [0.3, 0.4) is 0 Å². The highest BCUT2D eigenvalue weighted by molar-refractivity contribution is 7.47. The fourth-order valence-corrected chi connectivity index (χ4v) is 14.6. The molecule has 612 valence electrons. The summed E-state index contributed by atoms with van der Waals surface area (Å²) in [6.07, 6.45) is 66.5. The third kappa shape index (κ3) is 76.6. The molecule has 0 radical (unpaired) electrons. The molecule has 0 aromatic heterocycles. The topological polar surface area (TPSA) is 237 Å². The Kier molecular flexibility index (Phi) is 74.1. The minimum atomic E-state index is -4.96. The Labute approximate surface area is 632 Å². The molecule has 0 heterocycles. The minimum Gasteiger partial charge on any atom is -0.462 e. The first-order valence-corrected chi connectivity index (χ1v) is 46.5. The van der Waals surface area contributed by atoms with Crippen molar-refractivity contribution in [3.8, 4) is 0 Å². The zero-order valence-electron chi connectivity index (χ0n) is 67.6. The summed E-state index contributed by atoms with van der Waals surface area (Å²) in [5.41, 5.74) is 0. The van der Waals surface area contributed by atoms with Crippen LogP contribution in [0.4, 0.5) is 0 Å². The molecule has 0 aliphatic carbocycles. The number of rotatable bonds is 83. The molecular formula is C84H164O17P2. The van der Waals surface area contributed by atoms with Crippen LogP contribution in [0.5, 0.6) is 0 Å². The first-order valence-electron chi connectivity index (χ1n) is 43.5. The molecule has 0 spiro atoms. The number of carbonyl (C=O) groups is 4. The number of aliphatic hydroxyl groups excluding tert-OH is 1. The second-order valence-corrected chi connectivity index (χ2v) is 33.8. The van der Waals surface area contributed by atoms with Crippen molar-refractivity contribution in [2.75, 3.05) is 39.6 Å². The molecule has 3 N–H and O–H groups in total. The number of phosphoric acid groups is 2. The molecule has 0 aliphatic rings. The normalized spacial score (nSPS) is 14.1. The number of ether oxygens (including phenoxy) is 4. The highest BCUT2D eigenvalue weighted by Gasteiger charge is 2.30. The van der Waals surface area contributed by atoms with E-state index < -0.39 is 97.5 Å². The lowest BCUT2D eigenvalue weighted by molar-refractivity contribution is -0.161. The average Bonchev–Trinajstić information content (AvgIpc) is 0.909. The number of esters is 4. The van der Waals surface area contributed by atoms with Crippen LogP contribution in [0.25, 0.3) is 0 Å². The molecule has 19 heteroatoms. The summed E-state index contributed by atoms with van der Waals surface area (Å²) in [6.45, 7) is 9.74. The maximum Gasteiger partial charge on any atom is 0.472 e. The molecule has 0 amide bonds. The number of hydrogen-bond donors (Lipinski definition) is 3. The van der Waals surface area contributed by atoms with Gasteiger partial charge in [-0.25, -0.2) is 9.13 Å². The summed E-state index contributed by atoms with van der Waals surface area (Å²) >= 11 is 0. The highest BCUT2D eigenvalue weighted by Crippen LogP contribution is 2.45. The lowest BCUT2D eigenvalue weighted by atomic mass is 9.99. The van der Waals surface area contributed by atoms with Crippen molar-refractivity contribution in [2.45, 2.75) is 464 Å². The van der Waals surface area contributed by atoms with E-state index in [1.165, 1.54) is 263 Å². The van der Waals surface area contributed by atoms with Crippen molar-refractivity contribution in [1.82, 2.24) is 0 Å². The Morgan fingerprint density at radius 2 is 0.495 bits per heavy atom. The van der Waals surface area contributed by atoms with Crippen LogP contribution in [0.15, 0.2) is 0 Å². The van der Waals surface area contributed by atoms with Crippen LogP contribution in [0.1, 0.15) is 446 Å². The second kappa shape index (κ2) is 75.5. The zero-order valence-corrected chi connectivity index (χ0v) is 69.4. The number of hydrogen-bond acceptors (Lipinski definition) is 15. The predicted octanol–water partition coefficient (Wildman–Crippen LogP) is 25.5. The molecule has 0 fully saturated rings. The van der Waals surface area contributed by atoms with Crippen LogP contribution in [0, 0.1) is 11.8 Å². The summed E-state index contributed by atoms with van der Waals surface area (Å²) < 4.78 is 68.8. The number of phosphoric ester groups is 2.